The van der Waals surface area contributed by atoms with Crippen molar-refractivity contribution in [3.05, 3.63) is 65.5 Å². The summed E-state index contributed by atoms with van der Waals surface area (Å²) in [6.07, 6.45) is 0. The van der Waals surface area contributed by atoms with Gasteiger partial charge in [-0.25, -0.2) is 22.5 Å². The first-order valence-electron chi connectivity index (χ1n) is 9.00. The number of hydrogen-bond donors (Lipinski definition) is 3. The number of amidine groups is 1. The first-order chi connectivity index (χ1) is 13.5. The number of aliphatic imine (C=N–C) groups is 1. The second kappa shape index (κ2) is 7.77. The third kappa shape index (κ3) is 4.44. The quantitative estimate of drug-likeness (QED) is 0.648. The molecule has 0 amide bonds. The van der Waals surface area contributed by atoms with Gasteiger partial charge in [0, 0.05) is 5.56 Å². The standard InChI is InChI=1S/C19H22BFN2O5S/c1-12(15-9-4-5-10-16(15)21)22-18-23-29(26,27)17(19(2,3)28-18)13-7-6-8-14(11-13)20(24)25/h4-12,17,24-25H,1-3H3,(H,22,23). The van der Waals surface area contributed by atoms with Gasteiger partial charge in [0.05, 0.1) is 6.04 Å². The van der Waals surface area contributed by atoms with Crippen molar-refractivity contribution in [2.45, 2.75) is 37.7 Å². The molecule has 2 aromatic rings. The van der Waals surface area contributed by atoms with E-state index in [0.29, 0.717) is 11.1 Å². The van der Waals surface area contributed by atoms with Gasteiger partial charge in [-0.1, -0.05) is 42.5 Å². The van der Waals surface area contributed by atoms with Crippen LogP contribution in [0.4, 0.5) is 4.39 Å². The Morgan fingerprint density at radius 3 is 2.52 bits per heavy atom. The van der Waals surface area contributed by atoms with E-state index in [-0.39, 0.29) is 11.5 Å². The molecule has 10 heteroatoms. The van der Waals surface area contributed by atoms with Crippen LogP contribution in [-0.2, 0) is 14.8 Å². The largest absolute Gasteiger partial charge is 0.488 e. The monoisotopic (exact) mass is 420 g/mol. The molecule has 1 aliphatic heterocycles. The summed E-state index contributed by atoms with van der Waals surface area (Å²) < 4.78 is 48.1. The molecule has 0 spiro atoms. The minimum absolute atomic E-state index is 0.168. The van der Waals surface area contributed by atoms with E-state index in [1.165, 1.54) is 18.2 Å². The van der Waals surface area contributed by atoms with Crippen molar-refractivity contribution in [3.63, 3.8) is 0 Å². The molecule has 0 aromatic heterocycles. The summed E-state index contributed by atoms with van der Waals surface area (Å²) in [6.45, 7) is 4.83. The van der Waals surface area contributed by atoms with Crippen LogP contribution in [0.1, 0.15) is 43.2 Å². The van der Waals surface area contributed by atoms with Crippen LogP contribution in [-0.4, -0.2) is 37.2 Å². The van der Waals surface area contributed by atoms with Crippen LogP contribution in [0.25, 0.3) is 0 Å². The summed E-state index contributed by atoms with van der Waals surface area (Å²) in [6, 6.07) is 11.2. The second-order valence-electron chi connectivity index (χ2n) is 7.41. The summed E-state index contributed by atoms with van der Waals surface area (Å²) in [5.41, 5.74) is -0.403. The van der Waals surface area contributed by atoms with Crippen LogP contribution < -0.4 is 10.2 Å². The van der Waals surface area contributed by atoms with Gasteiger partial charge in [-0.2, -0.15) is 0 Å². The molecule has 1 aliphatic rings. The average molecular weight is 420 g/mol. The SMILES string of the molecule is CC(N=C1NS(=O)(=O)C(c2cccc(B(O)O)c2)C(C)(C)O1)c1ccccc1F. The smallest absolute Gasteiger partial charge is 0.457 e. The van der Waals surface area contributed by atoms with E-state index in [4.69, 9.17) is 4.74 Å². The molecule has 2 unspecified atom stereocenters. The highest BCUT2D eigenvalue weighted by atomic mass is 32.2. The zero-order chi connectivity index (χ0) is 21.4. The molecule has 2 atom stereocenters. The lowest BCUT2D eigenvalue weighted by Crippen LogP contribution is -2.53. The Morgan fingerprint density at radius 1 is 1.21 bits per heavy atom. The van der Waals surface area contributed by atoms with Gasteiger partial charge in [0.15, 0.2) is 0 Å². The van der Waals surface area contributed by atoms with Gasteiger partial charge >= 0.3 is 7.12 Å². The fourth-order valence-electron chi connectivity index (χ4n) is 3.45. The number of hydrogen-bond acceptors (Lipinski definition) is 6. The maximum atomic E-state index is 14.0. The number of benzene rings is 2. The first-order valence-corrected chi connectivity index (χ1v) is 10.5. The van der Waals surface area contributed by atoms with E-state index in [1.807, 2.05) is 0 Å². The summed E-state index contributed by atoms with van der Waals surface area (Å²) in [5.74, 6) is -0.445. The van der Waals surface area contributed by atoms with E-state index in [9.17, 15) is 22.9 Å². The Hall–Kier alpha value is -2.43. The van der Waals surface area contributed by atoms with E-state index < -0.39 is 39.9 Å². The van der Waals surface area contributed by atoms with Crippen molar-refractivity contribution in [1.82, 2.24) is 4.72 Å². The summed E-state index contributed by atoms with van der Waals surface area (Å²) in [5, 5.41) is 17.6. The number of sulfonamides is 1. The predicted molar refractivity (Wildman–Crippen MR) is 108 cm³/mol. The van der Waals surface area contributed by atoms with Crippen LogP contribution in [0.15, 0.2) is 53.5 Å². The van der Waals surface area contributed by atoms with Gasteiger partial charge in [0.25, 0.3) is 6.02 Å². The van der Waals surface area contributed by atoms with Crippen LogP contribution in [0.2, 0.25) is 0 Å². The van der Waals surface area contributed by atoms with Crippen molar-refractivity contribution in [2.75, 3.05) is 0 Å². The van der Waals surface area contributed by atoms with Gasteiger partial charge in [-0.15, -0.1) is 0 Å². The fourth-order valence-corrected chi connectivity index (χ4v) is 5.21. The first kappa shape index (κ1) is 21.3. The van der Waals surface area contributed by atoms with Crippen LogP contribution in [0.3, 0.4) is 0 Å². The summed E-state index contributed by atoms with van der Waals surface area (Å²) in [4.78, 5) is 4.22. The molecule has 154 valence electrons. The van der Waals surface area contributed by atoms with Crippen molar-refractivity contribution < 1.29 is 27.6 Å². The van der Waals surface area contributed by atoms with Gasteiger partial charge in [0.1, 0.15) is 16.7 Å². The van der Waals surface area contributed by atoms with E-state index in [0.717, 1.165) is 0 Å². The lowest BCUT2D eigenvalue weighted by atomic mass is 9.79. The molecule has 0 bridgehead atoms. The van der Waals surface area contributed by atoms with Crippen molar-refractivity contribution in [2.24, 2.45) is 4.99 Å². The molecule has 0 radical (unpaired) electrons. The van der Waals surface area contributed by atoms with Crippen LogP contribution in [0, 0.1) is 5.82 Å². The molecule has 3 N–H and O–H groups in total. The molecule has 3 rings (SSSR count). The maximum Gasteiger partial charge on any atom is 0.488 e. The van der Waals surface area contributed by atoms with Crippen molar-refractivity contribution in [3.8, 4) is 0 Å². The van der Waals surface area contributed by atoms with E-state index in [2.05, 4.69) is 9.71 Å². The lowest BCUT2D eigenvalue weighted by Gasteiger charge is -2.39. The summed E-state index contributed by atoms with van der Waals surface area (Å²) >= 11 is 0. The lowest BCUT2D eigenvalue weighted by molar-refractivity contribution is 0.0761. The normalized spacial score (nSPS) is 22.4. The third-order valence-electron chi connectivity index (χ3n) is 4.71. The Kier molecular flexibility index (Phi) is 5.71. The average Bonchev–Trinajstić information content (AvgIpc) is 2.60. The Bertz CT molecular complexity index is 1040. The van der Waals surface area contributed by atoms with Gasteiger partial charge in [-0.3, -0.25) is 0 Å². The minimum atomic E-state index is -3.98. The van der Waals surface area contributed by atoms with Crippen molar-refractivity contribution >= 4 is 28.6 Å². The third-order valence-corrected chi connectivity index (χ3v) is 6.63. The highest BCUT2D eigenvalue weighted by molar-refractivity contribution is 7.90. The van der Waals surface area contributed by atoms with E-state index in [1.54, 1.807) is 51.1 Å². The molecule has 1 heterocycles. The van der Waals surface area contributed by atoms with Crippen LogP contribution >= 0.6 is 0 Å². The molecular weight excluding hydrogens is 398 g/mol. The van der Waals surface area contributed by atoms with Crippen LogP contribution in [0.5, 0.6) is 0 Å². The van der Waals surface area contributed by atoms with E-state index >= 15 is 0 Å². The second-order valence-corrected chi connectivity index (χ2v) is 9.17. The molecule has 0 aliphatic carbocycles. The Morgan fingerprint density at radius 2 is 1.90 bits per heavy atom. The van der Waals surface area contributed by atoms with Gasteiger partial charge < -0.3 is 14.8 Å². The minimum Gasteiger partial charge on any atom is -0.457 e. The predicted octanol–water partition coefficient (Wildman–Crippen LogP) is 1.39. The summed E-state index contributed by atoms with van der Waals surface area (Å²) in [7, 11) is -5.70. The Labute approximate surface area is 169 Å². The zero-order valence-electron chi connectivity index (χ0n) is 16.2. The number of nitrogens with zero attached hydrogens (tertiary/aromatic N) is 1. The Balaban J connectivity index is 1.95. The highest BCUT2D eigenvalue weighted by Crippen LogP contribution is 2.38. The molecule has 1 saturated heterocycles. The molecule has 7 nitrogen and oxygen atoms in total. The fraction of sp³-hybridized carbons (Fsp3) is 0.316. The zero-order valence-corrected chi connectivity index (χ0v) is 17.0. The molecule has 1 fully saturated rings. The number of ether oxygens (including phenoxy) is 1. The molecule has 2 aromatic carbocycles. The highest BCUT2D eigenvalue weighted by Gasteiger charge is 2.48. The van der Waals surface area contributed by atoms with Crippen molar-refractivity contribution in [1.29, 1.82) is 0 Å². The maximum absolute atomic E-state index is 14.0. The van der Waals surface area contributed by atoms with Gasteiger partial charge in [-0.05, 0) is 37.9 Å². The number of halogens is 1. The number of nitrogens with one attached hydrogen (secondary N) is 1. The molecule has 29 heavy (non-hydrogen) atoms. The molecular formula is C19H22BFN2O5S. The topological polar surface area (TPSA) is 108 Å². The molecule has 0 saturated carbocycles. The van der Waals surface area contributed by atoms with Gasteiger partial charge in [0.2, 0.25) is 10.0 Å². The number of rotatable bonds is 4.